The third-order valence-corrected chi connectivity index (χ3v) is 4.90. The van der Waals surface area contributed by atoms with Gasteiger partial charge in [0.25, 0.3) is 11.8 Å². The van der Waals surface area contributed by atoms with E-state index in [0.717, 1.165) is 19.3 Å². The molecule has 2 amide bonds. The van der Waals surface area contributed by atoms with Gasteiger partial charge in [-0.2, -0.15) is 5.10 Å². The van der Waals surface area contributed by atoms with E-state index in [4.69, 9.17) is 4.74 Å². The molecule has 7 nitrogen and oxygen atoms in total. The highest BCUT2D eigenvalue weighted by Crippen LogP contribution is 2.20. The summed E-state index contributed by atoms with van der Waals surface area (Å²) in [4.78, 5) is 28.9. The van der Waals surface area contributed by atoms with Crippen LogP contribution >= 0.6 is 0 Å². The van der Waals surface area contributed by atoms with E-state index in [0.29, 0.717) is 30.1 Å². The molecule has 0 unspecified atom stereocenters. The van der Waals surface area contributed by atoms with E-state index in [-0.39, 0.29) is 17.9 Å². The molecule has 0 radical (unpaired) electrons. The third kappa shape index (κ3) is 3.87. The minimum absolute atomic E-state index is 0.0257. The zero-order chi connectivity index (χ0) is 18.5. The molecule has 26 heavy (non-hydrogen) atoms. The monoisotopic (exact) mass is 356 g/mol. The average Bonchev–Trinajstić information content (AvgIpc) is 3.11. The van der Waals surface area contributed by atoms with Crippen LogP contribution in [0.15, 0.2) is 36.5 Å². The van der Waals surface area contributed by atoms with Crippen LogP contribution in [0.4, 0.5) is 0 Å². The fourth-order valence-electron chi connectivity index (χ4n) is 3.34. The van der Waals surface area contributed by atoms with E-state index in [1.54, 1.807) is 36.4 Å². The van der Waals surface area contributed by atoms with Gasteiger partial charge in [0, 0.05) is 37.9 Å². The van der Waals surface area contributed by atoms with Crippen molar-refractivity contribution in [2.45, 2.75) is 25.3 Å². The number of methoxy groups -OCH3 is 1. The number of ether oxygens (including phenoxy) is 1. The Bertz CT molecular complexity index is 760. The molecule has 138 valence electrons. The van der Waals surface area contributed by atoms with Crippen LogP contribution in [-0.2, 0) is 0 Å². The van der Waals surface area contributed by atoms with Crippen LogP contribution in [-0.4, -0.2) is 65.1 Å². The van der Waals surface area contributed by atoms with Crippen LogP contribution in [0.2, 0.25) is 0 Å². The number of aromatic nitrogens is 2. The smallest absolute Gasteiger partial charge is 0.271 e. The molecule has 2 heterocycles. The summed E-state index contributed by atoms with van der Waals surface area (Å²) in [5.41, 5.74) is 1.12. The van der Waals surface area contributed by atoms with Crippen molar-refractivity contribution >= 4 is 11.8 Å². The quantitative estimate of drug-likeness (QED) is 0.911. The number of aromatic amines is 1. The number of carbonyl (C=O) groups excluding carboxylic acids is 2. The van der Waals surface area contributed by atoms with Crippen LogP contribution in [0.1, 0.15) is 40.1 Å². The lowest BCUT2D eigenvalue weighted by molar-refractivity contribution is 0.0708. The van der Waals surface area contributed by atoms with Gasteiger partial charge < -0.3 is 14.5 Å². The molecule has 1 aliphatic heterocycles. The number of nitrogens with one attached hydrogen (secondary N) is 1. The van der Waals surface area contributed by atoms with Gasteiger partial charge in [-0.05, 0) is 43.5 Å². The molecule has 0 aliphatic carbocycles. The molecule has 0 saturated carbocycles. The summed E-state index contributed by atoms with van der Waals surface area (Å²) in [6.07, 6.45) is 4.07. The molecule has 3 rings (SSSR count). The van der Waals surface area contributed by atoms with E-state index < -0.39 is 0 Å². The minimum atomic E-state index is -0.0371. The van der Waals surface area contributed by atoms with Gasteiger partial charge in [-0.3, -0.25) is 14.7 Å². The van der Waals surface area contributed by atoms with Crippen LogP contribution in [0.25, 0.3) is 0 Å². The van der Waals surface area contributed by atoms with Crippen LogP contribution in [0.3, 0.4) is 0 Å². The van der Waals surface area contributed by atoms with Gasteiger partial charge in [0.2, 0.25) is 0 Å². The molecule has 1 saturated heterocycles. The normalized spacial score (nSPS) is 17.5. The first-order valence-corrected chi connectivity index (χ1v) is 8.80. The number of amides is 2. The summed E-state index contributed by atoms with van der Waals surface area (Å²) in [6, 6.07) is 8.98. The highest BCUT2D eigenvalue weighted by Gasteiger charge is 2.27. The van der Waals surface area contributed by atoms with Crippen molar-refractivity contribution in [3.05, 3.63) is 47.8 Å². The van der Waals surface area contributed by atoms with Gasteiger partial charge in [0.15, 0.2) is 0 Å². The summed E-state index contributed by atoms with van der Waals surface area (Å²) >= 11 is 0. The number of carbonyl (C=O) groups is 2. The molecular weight excluding hydrogens is 332 g/mol. The lowest BCUT2D eigenvalue weighted by atomic mass is 10.1. The zero-order valence-electron chi connectivity index (χ0n) is 15.1. The van der Waals surface area contributed by atoms with Crippen molar-refractivity contribution in [3.63, 3.8) is 0 Å². The first-order chi connectivity index (χ1) is 12.6. The van der Waals surface area contributed by atoms with Gasteiger partial charge in [-0.1, -0.05) is 6.07 Å². The summed E-state index contributed by atoms with van der Waals surface area (Å²) in [5.74, 6) is 0.605. The number of nitrogens with zero attached hydrogens (tertiary/aromatic N) is 3. The second-order valence-electron chi connectivity index (χ2n) is 6.50. The molecule has 0 bridgehead atoms. The zero-order valence-corrected chi connectivity index (χ0v) is 15.1. The second kappa shape index (κ2) is 8.03. The molecule has 1 atom stereocenters. The highest BCUT2D eigenvalue weighted by molar-refractivity contribution is 5.94. The molecule has 1 fully saturated rings. The minimum Gasteiger partial charge on any atom is -0.497 e. The number of likely N-dealkylation sites (tertiary alicyclic amines) is 1. The Hall–Kier alpha value is -2.83. The van der Waals surface area contributed by atoms with Crippen LogP contribution in [0.5, 0.6) is 5.75 Å². The van der Waals surface area contributed by atoms with E-state index in [1.807, 2.05) is 24.1 Å². The van der Waals surface area contributed by atoms with Crippen molar-refractivity contribution in [1.82, 2.24) is 20.0 Å². The van der Waals surface area contributed by atoms with Gasteiger partial charge in [-0.15, -0.1) is 0 Å². The van der Waals surface area contributed by atoms with Crippen molar-refractivity contribution in [3.8, 4) is 5.75 Å². The molecule has 7 heteroatoms. The maximum absolute atomic E-state index is 12.8. The Morgan fingerprint density at radius 2 is 2.12 bits per heavy atom. The molecule has 2 aromatic rings. The Morgan fingerprint density at radius 3 is 2.85 bits per heavy atom. The van der Waals surface area contributed by atoms with E-state index in [1.165, 1.54) is 0 Å². The van der Waals surface area contributed by atoms with E-state index >= 15 is 0 Å². The van der Waals surface area contributed by atoms with Crippen molar-refractivity contribution in [2.75, 3.05) is 27.2 Å². The standard InChI is InChI=1S/C19H24N4O3/c1-22(18(24)14-5-3-7-16(13-14)26-2)15-6-4-11-23(12-9-15)19(25)17-8-10-20-21-17/h3,5,7-8,10,13,15H,4,6,9,11-12H2,1-2H3,(H,20,21)/t15-/m1/s1. The number of rotatable bonds is 4. The SMILES string of the molecule is COc1cccc(C(=O)N(C)[C@@H]2CCCN(C(=O)c3ccn[nH]3)CC2)c1. The predicted molar refractivity (Wildman–Crippen MR) is 97.2 cm³/mol. The maximum atomic E-state index is 12.8. The predicted octanol–water partition coefficient (Wildman–Crippen LogP) is 2.19. The lowest BCUT2D eigenvalue weighted by Crippen LogP contribution is -2.38. The Balaban J connectivity index is 1.64. The number of H-pyrrole nitrogens is 1. The number of benzene rings is 1. The topological polar surface area (TPSA) is 78.5 Å². The molecule has 1 aromatic carbocycles. The highest BCUT2D eigenvalue weighted by atomic mass is 16.5. The van der Waals surface area contributed by atoms with Gasteiger partial charge in [0.05, 0.1) is 7.11 Å². The van der Waals surface area contributed by atoms with Crippen LogP contribution in [0, 0.1) is 0 Å². The molecule has 1 N–H and O–H groups in total. The fourth-order valence-corrected chi connectivity index (χ4v) is 3.34. The lowest BCUT2D eigenvalue weighted by Gasteiger charge is -2.27. The maximum Gasteiger partial charge on any atom is 0.271 e. The average molecular weight is 356 g/mol. The van der Waals surface area contributed by atoms with Gasteiger partial charge in [0.1, 0.15) is 11.4 Å². The number of hydrogen-bond donors (Lipinski definition) is 1. The largest absolute Gasteiger partial charge is 0.497 e. The third-order valence-electron chi connectivity index (χ3n) is 4.90. The second-order valence-corrected chi connectivity index (χ2v) is 6.50. The summed E-state index contributed by atoms with van der Waals surface area (Å²) in [6.45, 7) is 1.31. The van der Waals surface area contributed by atoms with Crippen molar-refractivity contribution < 1.29 is 14.3 Å². The Kier molecular flexibility index (Phi) is 5.55. The van der Waals surface area contributed by atoms with E-state index in [2.05, 4.69) is 10.2 Å². The number of hydrogen-bond acceptors (Lipinski definition) is 4. The first kappa shape index (κ1) is 18.0. The fraction of sp³-hybridized carbons (Fsp3) is 0.421. The Morgan fingerprint density at radius 1 is 1.27 bits per heavy atom. The molecule has 0 spiro atoms. The Labute approximate surface area is 152 Å². The molecule has 1 aromatic heterocycles. The van der Waals surface area contributed by atoms with Gasteiger partial charge in [-0.25, -0.2) is 0 Å². The summed E-state index contributed by atoms with van der Waals surface area (Å²) in [7, 11) is 3.42. The van der Waals surface area contributed by atoms with E-state index in [9.17, 15) is 9.59 Å². The van der Waals surface area contributed by atoms with Crippen LogP contribution < -0.4 is 4.74 Å². The molecule has 1 aliphatic rings. The molecular formula is C19H24N4O3. The van der Waals surface area contributed by atoms with Crippen molar-refractivity contribution in [1.29, 1.82) is 0 Å². The summed E-state index contributed by atoms with van der Waals surface area (Å²) in [5, 5.41) is 6.56. The first-order valence-electron chi connectivity index (χ1n) is 8.80. The summed E-state index contributed by atoms with van der Waals surface area (Å²) < 4.78 is 5.20. The van der Waals surface area contributed by atoms with Crippen molar-refractivity contribution in [2.24, 2.45) is 0 Å². The van der Waals surface area contributed by atoms with Gasteiger partial charge >= 0.3 is 0 Å².